The monoisotopic (exact) mass is 931 g/mol. The van der Waals surface area contributed by atoms with Gasteiger partial charge >= 0.3 is 6.85 Å². The van der Waals surface area contributed by atoms with Gasteiger partial charge in [0.15, 0.2) is 11.2 Å². The highest BCUT2D eigenvalue weighted by atomic mass is 16.5. The molecule has 14 rings (SSSR count). The van der Waals surface area contributed by atoms with E-state index in [2.05, 4.69) is 200 Å². The standard InChI is InChI=1S/C66H67BN2O2/c1-11-13-19-40-25-28-42(29-26-40)69-52-38-49-48(62(4,5)33-34-63(49,6)7)37-45(52)46-36-47-43-21-15-17-23-53(43)70-59(47)58-57(46)67(69)61-56-44-22-16-18-24-54(44)71-66(56,10)55-39(3)31-32-64(8)50-35-41(20-14-12-2)27-30-51(50)68(58)65(61,9)60(55)64/h15-18,21-32,35-39H,11-14,19-20,33-34H2,1-10H3. The normalized spacial score (nSPS) is 25.4. The second kappa shape index (κ2) is 14.5. The fourth-order valence-electron chi connectivity index (χ4n) is 15.5. The number of benzene rings is 6. The number of aryl methyl sites for hydroxylation is 2. The Morgan fingerprint density at radius 3 is 2.11 bits per heavy atom. The van der Waals surface area contributed by atoms with E-state index in [9.17, 15) is 0 Å². The molecule has 0 fully saturated rings. The Morgan fingerprint density at radius 2 is 1.35 bits per heavy atom. The van der Waals surface area contributed by atoms with Crippen LogP contribution in [0.5, 0.6) is 5.75 Å². The molecule has 0 saturated carbocycles. The molecule has 4 atom stereocenters. The number of hydrogen-bond acceptors (Lipinski definition) is 4. The van der Waals surface area contributed by atoms with Gasteiger partial charge in [0.05, 0.1) is 11.2 Å². The van der Waals surface area contributed by atoms with Crippen molar-refractivity contribution in [3.63, 3.8) is 0 Å². The van der Waals surface area contributed by atoms with Crippen LogP contribution in [0.15, 0.2) is 142 Å². The second-order valence-electron chi connectivity index (χ2n) is 24.3. The number of nitrogens with zero attached hydrogens (tertiary/aromatic N) is 2. The van der Waals surface area contributed by atoms with Gasteiger partial charge in [-0.3, -0.25) is 0 Å². The quantitative estimate of drug-likeness (QED) is 0.118. The number of unbranched alkanes of at least 4 members (excludes halogenated alkanes) is 2. The van der Waals surface area contributed by atoms with Crippen LogP contribution in [0.4, 0.5) is 22.7 Å². The summed E-state index contributed by atoms with van der Waals surface area (Å²) in [4.78, 5) is 5.62. The Morgan fingerprint density at radius 1 is 0.662 bits per heavy atom. The molecule has 4 aliphatic heterocycles. The molecule has 0 bridgehead atoms. The summed E-state index contributed by atoms with van der Waals surface area (Å²) >= 11 is 0. The van der Waals surface area contributed by atoms with E-state index in [-0.39, 0.29) is 23.6 Å². The van der Waals surface area contributed by atoms with Crippen LogP contribution in [0, 0.1) is 5.92 Å². The van der Waals surface area contributed by atoms with E-state index in [1.165, 1.54) is 119 Å². The molecule has 7 aromatic rings. The maximum Gasteiger partial charge on any atom is 0.330 e. The lowest BCUT2D eigenvalue weighted by Gasteiger charge is -2.65. The highest BCUT2D eigenvalue weighted by molar-refractivity contribution is 6.89. The summed E-state index contributed by atoms with van der Waals surface area (Å²) in [5.41, 5.74) is 23.0. The molecular formula is C66H67BN2O2. The summed E-state index contributed by atoms with van der Waals surface area (Å²) in [7, 11) is 0. The minimum absolute atomic E-state index is 0.0136. The van der Waals surface area contributed by atoms with Gasteiger partial charge in [-0.25, -0.2) is 0 Å². The Labute approximate surface area is 421 Å². The average Bonchev–Trinajstić information content (AvgIpc) is 3.91. The van der Waals surface area contributed by atoms with Gasteiger partial charge in [0.2, 0.25) is 0 Å². The van der Waals surface area contributed by atoms with Gasteiger partial charge in [-0.2, -0.15) is 0 Å². The lowest BCUT2D eigenvalue weighted by atomic mass is 9.33. The molecule has 3 aliphatic carbocycles. The van der Waals surface area contributed by atoms with Crippen LogP contribution in [-0.4, -0.2) is 18.0 Å². The van der Waals surface area contributed by atoms with Gasteiger partial charge in [0.25, 0.3) is 0 Å². The van der Waals surface area contributed by atoms with Crippen molar-refractivity contribution in [1.29, 1.82) is 0 Å². The molecule has 0 amide bonds. The number of ether oxygens (including phenoxy) is 1. The molecule has 0 radical (unpaired) electrons. The molecule has 356 valence electrons. The van der Waals surface area contributed by atoms with Crippen LogP contribution in [0.25, 0.3) is 38.6 Å². The van der Waals surface area contributed by atoms with Crippen LogP contribution in [0.3, 0.4) is 0 Å². The van der Waals surface area contributed by atoms with Crippen LogP contribution in [-0.2, 0) is 29.1 Å². The Kier molecular flexibility index (Phi) is 8.89. The summed E-state index contributed by atoms with van der Waals surface area (Å²) in [6.45, 7) is 24.3. The maximum atomic E-state index is 7.67. The van der Waals surface area contributed by atoms with E-state index < -0.39 is 16.6 Å². The number of furan rings is 1. The van der Waals surface area contributed by atoms with E-state index in [4.69, 9.17) is 9.15 Å². The number of hydrogen-bond donors (Lipinski definition) is 0. The lowest BCUT2D eigenvalue weighted by molar-refractivity contribution is 0.185. The number of anilines is 4. The minimum Gasteiger partial charge on any atom is -0.478 e. The summed E-state index contributed by atoms with van der Waals surface area (Å²) < 4.78 is 15.1. The van der Waals surface area contributed by atoms with Crippen LogP contribution in [0.1, 0.15) is 141 Å². The van der Waals surface area contributed by atoms with Crippen molar-refractivity contribution in [3.8, 4) is 16.9 Å². The van der Waals surface area contributed by atoms with Gasteiger partial charge in [-0.1, -0.05) is 134 Å². The number of allylic oxidation sites excluding steroid dienone is 2. The van der Waals surface area contributed by atoms with Gasteiger partial charge in [0, 0.05) is 49.9 Å². The molecule has 1 aromatic heterocycles. The topological polar surface area (TPSA) is 28.9 Å². The molecule has 6 aromatic carbocycles. The van der Waals surface area contributed by atoms with Crippen molar-refractivity contribution in [1.82, 2.24) is 0 Å². The van der Waals surface area contributed by atoms with Crippen LogP contribution >= 0.6 is 0 Å². The SMILES string of the molecule is CCCCc1ccc(N2B3C4=C5c6ccccc6OC5(C)C5=C6C(C)(C=CC5C)c5cc(CCCC)ccc5N(c5c3c(cc3c5oc5ccccc53)-c3cc5c(cc32)C(C)(C)CCC5(C)C)C46C)cc1. The number of rotatable bonds is 7. The van der Waals surface area contributed by atoms with Crippen LogP contribution in [0.2, 0.25) is 0 Å². The summed E-state index contributed by atoms with van der Waals surface area (Å²) in [6.07, 6.45) is 14.2. The first kappa shape index (κ1) is 43.6. The predicted octanol–water partition coefficient (Wildman–Crippen LogP) is 16.5. The smallest absolute Gasteiger partial charge is 0.330 e. The van der Waals surface area contributed by atoms with Crippen LogP contribution < -0.4 is 19.9 Å². The molecule has 4 unspecified atom stereocenters. The largest absolute Gasteiger partial charge is 0.478 e. The van der Waals surface area contributed by atoms with E-state index >= 15 is 0 Å². The van der Waals surface area contributed by atoms with Crippen molar-refractivity contribution in [2.45, 2.75) is 148 Å². The summed E-state index contributed by atoms with van der Waals surface area (Å²) in [5, 5.41) is 2.35. The zero-order valence-corrected chi connectivity index (χ0v) is 43.6. The van der Waals surface area contributed by atoms with Gasteiger partial charge in [-0.05, 0) is 180 Å². The Hall–Kier alpha value is -6.20. The molecule has 5 heteroatoms. The van der Waals surface area contributed by atoms with Gasteiger partial charge < -0.3 is 18.9 Å². The third-order valence-electron chi connectivity index (χ3n) is 19.1. The molecule has 0 spiro atoms. The summed E-state index contributed by atoms with van der Waals surface area (Å²) in [5.74, 6) is 1.12. The Balaban J connectivity index is 1.21. The lowest BCUT2D eigenvalue weighted by Crippen LogP contribution is -2.71. The molecular weight excluding hydrogens is 864 g/mol. The highest BCUT2D eigenvalue weighted by Crippen LogP contribution is 2.70. The molecule has 4 nitrogen and oxygen atoms in total. The molecule has 0 saturated heterocycles. The van der Waals surface area contributed by atoms with E-state index in [1.54, 1.807) is 0 Å². The van der Waals surface area contributed by atoms with E-state index in [0.717, 1.165) is 55.4 Å². The average molecular weight is 931 g/mol. The van der Waals surface area contributed by atoms with Gasteiger partial charge in [0.1, 0.15) is 11.3 Å². The zero-order valence-electron chi connectivity index (χ0n) is 43.6. The maximum absolute atomic E-state index is 7.67. The first-order chi connectivity index (χ1) is 34.1. The highest BCUT2D eigenvalue weighted by Gasteiger charge is 2.69. The van der Waals surface area contributed by atoms with E-state index in [1.807, 2.05) is 0 Å². The second-order valence-corrected chi connectivity index (χ2v) is 24.3. The minimum atomic E-state index is -0.721. The molecule has 0 N–H and O–H groups in total. The first-order valence-corrected chi connectivity index (χ1v) is 27.1. The summed E-state index contributed by atoms with van der Waals surface area (Å²) in [6, 6.07) is 42.8. The third kappa shape index (κ3) is 5.48. The van der Waals surface area contributed by atoms with Crippen molar-refractivity contribution in [2.75, 3.05) is 9.71 Å². The fourth-order valence-corrected chi connectivity index (χ4v) is 15.5. The van der Waals surface area contributed by atoms with Crippen molar-refractivity contribution in [3.05, 3.63) is 171 Å². The van der Waals surface area contributed by atoms with Crippen molar-refractivity contribution >= 4 is 62.6 Å². The van der Waals surface area contributed by atoms with Crippen molar-refractivity contribution in [2.24, 2.45) is 5.92 Å². The van der Waals surface area contributed by atoms with E-state index in [0.29, 0.717) is 0 Å². The number of fused-ring (bicyclic) bond motifs is 16. The van der Waals surface area contributed by atoms with Gasteiger partial charge in [-0.15, -0.1) is 0 Å². The third-order valence-corrected chi connectivity index (χ3v) is 19.1. The molecule has 5 heterocycles. The Bertz CT molecular complexity index is 3580. The van der Waals surface area contributed by atoms with Crippen molar-refractivity contribution < 1.29 is 9.15 Å². The molecule has 71 heavy (non-hydrogen) atoms. The zero-order chi connectivity index (χ0) is 48.7. The fraction of sp³-hybridized carbons (Fsp3) is 0.364. The molecule has 7 aliphatic rings. The first-order valence-electron chi connectivity index (χ1n) is 27.1. The predicted molar refractivity (Wildman–Crippen MR) is 298 cm³/mol. The number of para-hydroxylation sites is 2.